The molecule has 0 saturated carbocycles. The van der Waals surface area contributed by atoms with Gasteiger partial charge in [0.15, 0.2) is 0 Å². The first-order valence-corrected chi connectivity index (χ1v) is 6.60. The molecule has 0 bridgehead atoms. The fraction of sp³-hybridized carbons (Fsp3) is 0.467. The Morgan fingerprint density at radius 3 is 2.48 bits per heavy atom. The number of carbonyl (C=O) groups is 2. The van der Waals surface area contributed by atoms with Crippen LogP contribution in [0, 0.1) is 5.82 Å². The van der Waals surface area contributed by atoms with Gasteiger partial charge in [-0.1, -0.05) is 0 Å². The molecule has 0 saturated heterocycles. The van der Waals surface area contributed by atoms with Crippen LogP contribution in [0.3, 0.4) is 0 Å². The number of amides is 1. The SMILES string of the molecule is CN(Cc1cc(C(=O)OC(C)(C)C)ccc1F)C(=O)CN. The van der Waals surface area contributed by atoms with E-state index in [1.54, 1.807) is 20.8 Å². The Balaban J connectivity index is 2.95. The molecule has 21 heavy (non-hydrogen) atoms. The molecule has 0 unspecified atom stereocenters. The van der Waals surface area contributed by atoms with Crippen molar-refractivity contribution in [3.05, 3.63) is 35.1 Å². The number of esters is 1. The summed E-state index contributed by atoms with van der Waals surface area (Å²) in [6, 6.07) is 3.94. The van der Waals surface area contributed by atoms with Crippen LogP contribution in [0.25, 0.3) is 0 Å². The predicted molar refractivity (Wildman–Crippen MR) is 77.1 cm³/mol. The van der Waals surface area contributed by atoms with Crippen LogP contribution in [0.15, 0.2) is 18.2 Å². The smallest absolute Gasteiger partial charge is 0.338 e. The summed E-state index contributed by atoms with van der Waals surface area (Å²) in [5.74, 6) is -1.33. The topological polar surface area (TPSA) is 72.6 Å². The quantitative estimate of drug-likeness (QED) is 0.858. The first-order chi connectivity index (χ1) is 9.64. The zero-order chi connectivity index (χ0) is 16.2. The van der Waals surface area contributed by atoms with Crippen LogP contribution in [0.5, 0.6) is 0 Å². The van der Waals surface area contributed by atoms with Gasteiger partial charge in [0, 0.05) is 19.2 Å². The molecule has 2 N–H and O–H groups in total. The molecule has 0 aliphatic carbocycles. The van der Waals surface area contributed by atoms with Gasteiger partial charge in [0.1, 0.15) is 11.4 Å². The van der Waals surface area contributed by atoms with Crippen LogP contribution in [0.2, 0.25) is 0 Å². The van der Waals surface area contributed by atoms with E-state index in [1.165, 1.54) is 30.1 Å². The molecule has 0 fully saturated rings. The van der Waals surface area contributed by atoms with Crippen LogP contribution >= 0.6 is 0 Å². The lowest BCUT2D eigenvalue weighted by Gasteiger charge is -2.20. The van der Waals surface area contributed by atoms with Crippen molar-refractivity contribution in [1.29, 1.82) is 0 Å². The molecule has 1 rings (SSSR count). The van der Waals surface area contributed by atoms with Gasteiger partial charge >= 0.3 is 5.97 Å². The maximum Gasteiger partial charge on any atom is 0.338 e. The number of rotatable bonds is 4. The number of benzene rings is 1. The minimum absolute atomic E-state index is 0.0402. The van der Waals surface area contributed by atoms with E-state index in [2.05, 4.69) is 0 Å². The standard InChI is InChI=1S/C15H21FN2O3/c1-15(2,3)21-14(20)10-5-6-12(16)11(7-10)9-18(4)13(19)8-17/h5-7H,8-9,17H2,1-4H3. The number of carbonyl (C=O) groups excluding carboxylic acids is 2. The highest BCUT2D eigenvalue weighted by molar-refractivity contribution is 5.90. The average molecular weight is 296 g/mol. The second-order valence-electron chi connectivity index (χ2n) is 5.76. The van der Waals surface area contributed by atoms with E-state index in [4.69, 9.17) is 10.5 Å². The van der Waals surface area contributed by atoms with Crippen molar-refractivity contribution in [1.82, 2.24) is 4.90 Å². The number of ether oxygens (including phenoxy) is 1. The molecule has 0 heterocycles. The zero-order valence-electron chi connectivity index (χ0n) is 12.8. The molecule has 0 aromatic heterocycles. The van der Waals surface area contributed by atoms with Gasteiger partial charge in [-0.05, 0) is 39.0 Å². The van der Waals surface area contributed by atoms with Gasteiger partial charge in [0.05, 0.1) is 12.1 Å². The van der Waals surface area contributed by atoms with E-state index in [9.17, 15) is 14.0 Å². The molecular formula is C15H21FN2O3. The number of likely N-dealkylation sites (N-methyl/N-ethyl adjacent to an activating group) is 1. The third-order valence-corrected chi connectivity index (χ3v) is 2.69. The summed E-state index contributed by atoms with van der Waals surface area (Å²) >= 11 is 0. The van der Waals surface area contributed by atoms with Gasteiger partial charge < -0.3 is 15.4 Å². The van der Waals surface area contributed by atoms with Crippen molar-refractivity contribution in [2.75, 3.05) is 13.6 Å². The van der Waals surface area contributed by atoms with Gasteiger partial charge in [0.2, 0.25) is 5.91 Å². The van der Waals surface area contributed by atoms with E-state index < -0.39 is 17.4 Å². The summed E-state index contributed by atoms with van der Waals surface area (Å²) in [6.07, 6.45) is 0. The van der Waals surface area contributed by atoms with Gasteiger partial charge in [-0.2, -0.15) is 0 Å². The maximum atomic E-state index is 13.8. The highest BCUT2D eigenvalue weighted by atomic mass is 19.1. The second kappa shape index (κ2) is 6.67. The lowest BCUT2D eigenvalue weighted by atomic mass is 10.1. The number of hydrogen-bond donors (Lipinski definition) is 1. The molecule has 5 nitrogen and oxygen atoms in total. The summed E-state index contributed by atoms with van der Waals surface area (Å²) in [5.41, 5.74) is 5.11. The van der Waals surface area contributed by atoms with Gasteiger partial charge in [-0.25, -0.2) is 9.18 Å². The molecular weight excluding hydrogens is 275 g/mol. The number of hydrogen-bond acceptors (Lipinski definition) is 4. The van der Waals surface area contributed by atoms with Crippen LogP contribution < -0.4 is 5.73 Å². The summed E-state index contributed by atoms with van der Waals surface area (Å²) in [7, 11) is 1.52. The third kappa shape index (κ3) is 5.15. The lowest BCUT2D eigenvalue weighted by Crippen LogP contribution is -2.32. The Labute approximate surface area is 123 Å². The Kier molecular flexibility index (Phi) is 5.43. The number of halogens is 1. The minimum Gasteiger partial charge on any atom is -0.456 e. The van der Waals surface area contributed by atoms with Crippen molar-refractivity contribution < 1.29 is 18.7 Å². The molecule has 1 aromatic carbocycles. The Morgan fingerprint density at radius 1 is 1.33 bits per heavy atom. The van der Waals surface area contributed by atoms with Crippen LogP contribution in [-0.4, -0.2) is 36.0 Å². The third-order valence-electron chi connectivity index (χ3n) is 2.69. The van der Waals surface area contributed by atoms with Crippen molar-refractivity contribution in [3.63, 3.8) is 0 Å². The zero-order valence-corrected chi connectivity index (χ0v) is 12.8. The molecule has 116 valence electrons. The van der Waals surface area contributed by atoms with E-state index >= 15 is 0 Å². The predicted octanol–water partition coefficient (Wildman–Crippen LogP) is 1.70. The number of nitrogens with two attached hydrogens (primary N) is 1. The highest BCUT2D eigenvalue weighted by Crippen LogP contribution is 2.16. The van der Waals surface area contributed by atoms with Gasteiger partial charge in [0.25, 0.3) is 0 Å². The average Bonchev–Trinajstić information content (AvgIpc) is 2.38. The van der Waals surface area contributed by atoms with Crippen LogP contribution in [0.1, 0.15) is 36.7 Å². The maximum absolute atomic E-state index is 13.8. The van der Waals surface area contributed by atoms with Crippen LogP contribution in [-0.2, 0) is 16.1 Å². The summed E-state index contributed by atoms with van der Waals surface area (Å²) in [4.78, 5) is 24.7. The monoisotopic (exact) mass is 296 g/mol. The summed E-state index contributed by atoms with van der Waals surface area (Å²) < 4.78 is 19.0. The minimum atomic E-state index is -0.627. The van der Waals surface area contributed by atoms with Crippen molar-refractivity contribution in [2.24, 2.45) is 5.73 Å². The first kappa shape index (κ1) is 17.1. The molecule has 0 aliphatic heterocycles. The van der Waals surface area contributed by atoms with Crippen molar-refractivity contribution in [3.8, 4) is 0 Å². The van der Waals surface area contributed by atoms with Crippen molar-refractivity contribution in [2.45, 2.75) is 32.9 Å². The molecule has 6 heteroatoms. The normalized spacial score (nSPS) is 11.1. The Bertz CT molecular complexity index is 538. The van der Waals surface area contributed by atoms with E-state index in [0.717, 1.165) is 0 Å². The summed E-state index contributed by atoms with van der Waals surface area (Å²) in [5, 5.41) is 0. The molecule has 1 aromatic rings. The second-order valence-corrected chi connectivity index (χ2v) is 5.76. The lowest BCUT2D eigenvalue weighted by molar-refractivity contribution is -0.128. The highest BCUT2D eigenvalue weighted by Gasteiger charge is 2.19. The fourth-order valence-corrected chi connectivity index (χ4v) is 1.66. The van der Waals surface area contributed by atoms with Crippen LogP contribution in [0.4, 0.5) is 4.39 Å². The van der Waals surface area contributed by atoms with E-state index in [-0.39, 0.29) is 30.1 Å². The largest absolute Gasteiger partial charge is 0.456 e. The van der Waals surface area contributed by atoms with E-state index in [0.29, 0.717) is 0 Å². The fourth-order valence-electron chi connectivity index (χ4n) is 1.66. The van der Waals surface area contributed by atoms with Gasteiger partial charge in [-0.15, -0.1) is 0 Å². The molecule has 0 spiro atoms. The Hall–Kier alpha value is -1.95. The van der Waals surface area contributed by atoms with Gasteiger partial charge in [-0.3, -0.25) is 4.79 Å². The first-order valence-electron chi connectivity index (χ1n) is 6.60. The van der Waals surface area contributed by atoms with E-state index in [1.807, 2.05) is 0 Å². The molecule has 0 aliphatic rings. The van der Waals surface area contributed by atoms with Crippen molar-refractivity contribution >= 4 is 11.9 Å². The number of nitrogens with zero attached hydrogens (tertiary/aromatic N) is 1. The summed E-state index contributed by atoms with van der Waals surface area (Å²) in [6.45, 7) is 5.15. The Morgan fingerprint density at radius 2 is 1.95 bits per heavy atom. The molecule has 1 amide bonds. The molecule has 0 atom stereocenters. The molecule has 0 radical (unpaired) electrons.